The number of ketones is 1. The van der Waals surface area contributed by atoms with Crippen LogP contribution in [0.25, 0.3) is 0 Å². The Morgan fingerprint density at radius 1 is 1.20 bits per heavy atom. The molecule has 2 rings (SSSR count). The van der Waals surface area contributed by atoms with Gasteiger partial charge in [-0.15, -0.1) is 0 Å². The monoisotopic (exact) mass is 271 g/mol. The minimum Gasteiger partial charge on any atom is -0.465 e. The molecule has 0 fully saturated rings. The van der Waals surface area contributed by atoms with Gasteiger partial charge < -0.3 is 4.42 Å². The van der Waals surface area contributed by atoms with Gasteiger partial charge in [-0.25, -0.2) is 0 Å². The van der Waals surface area contributed by atoms with Crippen molar-refractivity contribution in [1.82, 2.24) is 4.90 Å². The first kappa shape index (κ1) is 14.5. The SMILES string of the molecule is Cc1ccc(CN(C)CC(C)C(=O)c2ccccc2)o1. The molecule has 1 atom stereocenters. The van der Waals surface area contributed by atoms with E-state index in [1.54, 1.807) is 0 Å². The van der Waals surface area contributed by atoms with Crippen molar-refractivity contribution < 1.29 is 9.21 Å². The normalized spacial score (nSPS) is 12.6. The average molecular weight is 271 g/mol. The minimum atomic E-state index is -0.0292. The lowest BCUT2D eigenvalue weighted by molar-refractivity contribution is 0.0898. The number of hydrogen-bond donors (Lipinski definition) is 0. The molecular formula is C17H21NO2. The van der Waals surface area contributed by atoms with Crippen molar-refractivity contribution >= 4 is 5.78 Å². The van der Waals surface area contributed by atoms with Crippen LogP contribution >= 0.6 is 0 Å². The summed E-state index contributed by atoms with van der Waals surface area (Å²) in [6, 6.07) is 13.4. The van der Waals surface area contributed by atoms with Crippen LogP contribution in [-0.4, -0.2) is 24.3 Å². The number of Topliss-reactive ketones (excluding diaryl/α,β-unsaturated/α-hetero) is 1. The molecule has 2 aromatic rings. The van der Waals surface area contributed by atoms with Gasteiger partial charge >= 0.3 is 0 Å². The van der Waals surface area contributed by atoms with E-state index in [1.807, 2.05) is 63.4 Å². The Hall–Kier alpha value is -1.87. The molecule has 3 heteroatoms. The average Bonchev–Trinajstić information content (AvgIpc) is 2.84. The van der Waals surface area contributed by atoms with E-state index >= 15 is 0 Å². The first-order valence-corrected chi connectivity index (χ1v) is 6.89. The summed E-state index contributed by atoms with van der Waals surface area (Å²) in [4.78, 5) is 14.4. The van der Waals surface area contributed by atoms with E-state index in [9.17, 15) is 4.79 Å². The predicted molar refractivity (Wildman–Crippen MR) is 79.7 cm³/mol. The Morgan fingerprint density at radius 3 is 2.50 bits per heavy atom. The van der Waals surface area contributed by atoms with Gasteiger partial charge in [0, 0.05) is 18.0 Å². The highest BCUT2D eigenvalue weighted by molar-refractivity contribution is 5.97. The number of aryl methyl sites for hydroxylation is 1. The van der Waals surface area contributed by atoms with Crippen LogP contribution in [0.3, 0.4) is 0 Å². The summed E-state index contributed by atoms with van der Waals surface area (Å²) in [6.45, 7) is 5.35. The Bertz CT molecular complexity index is 559. The Morgan fingerprint density at radius 2 is 1.90 bits per heavy atom. The summed E-state index contributed by atoms with van der Waals surface area (Å²) in [7, 11) is 2.01. The Balaban J connectivity index is 1.90. The van der Waals surface area contributed by atoms with E-state index in [0.29, 0.717) is 6.54 Å². The third-order valence-corrected chi connectivity index (χ3v) is 3.31. The summed E-state index contributed by atoms with van der Waals surface area (Å²) in [5.41, 5.74) is 0.780. The van der Waals surface area contributed by atoms with E-state index in [1.165, 1.54) is 0 Å². The molecule has 0 amide bonds. The molecule has 20 heavy (non-hydrogen) atoms. The fourth-order valence-electron chi connectivity index (χ4n) is 2.34. The van der Waals surface area contributed by atoms with Crippen molar-refractivity contribution in [2.24, 2.45) is 5.92 Å². The van der Waals surface area contributed by atoms with Gasteiger partial charge in [0.15, 0.2) is 5.78 Å². The first-order valence-electron chi connectivity index (χ1n) is 6.89. The van der Waals surface area contributed by atoms with Gasteiger partial charge in [-0.3, -0.25) is 9.69 Å². The smallest absolute Gasteiger partial charge is 0.166 e. The largest absolute Gasteiger partial charge is 0.465 e. The van der Waals surface area contributed by atoms with E-state index in [0.717, 1.165) is 23.6 Å². The maximum atomic E-state index is 12.3. The maximum absolute atomic E-state index is 12.3. The molecule has 0 aliphatic carbocycles. The summed E-state index contributed by atoms with van der Waals surface area (Å²) in [5.74, 6) is 2.01. The summed E-state index contributed by atoms with van der Waals surface area (Å²) in [5, 5.41) is 0. The zero-order valence-corrected chi connectivity index (χ0v) is 12.3. The molecule has 0 radical (unpaired) electrons. The van der Waals surface area contributed by atoms with Crippen molar-refractivity contribution in [1.29, 1.82) is 0 Å². The molecule has 0 N–H and O–H groups in total. The van der Waals surface area contributed by atoms with Crippen LogP contribution in [-0.2, 0) is 6.54 Å². The molecule has 0 aliphatic rings. The molecule has 1 aromatic carbocycles. The van der Waals surface area contributed by atoms with Crippen LogP contribution in [0, 0.1) is 12.8 Å². The van der Waals surface area contributed by atoms with Crippen molar-refractivity contribution in [3.05, 3.63) is 59.5 Å². The zero-order valence-electron chi connectivity index (χ0n) is 12.3. The van der Waals surface area contributed by atoms with Crippen LogP contribution < -0.4 is 0 Å². The van der Waals surface area contributed by atoms with Gasteiger partial charge in [-0.1, -0.05) is 37.3 Å². The topological polar surface area (TPSA) is 33.5 Å². The quantitative estimate of drug-likeness (QED) is 0.753. The first-order chi connectivity index (χ1) is 9.56. The summed E-state index contributed by atoms with van der Waals surface area (Å²) in [6.07, 6.45) is 0. The van der Waals surface area contributed by atoms with Crippen LogP contribution in [0.2, 0.25) is 0 Å². The Labute approximate surface area is 120 Å². The summed E-state index contributed by atoms with van der Waals surface area (Å²) < 4.78 is 5.55. The number of furan rings is 1. The lowest BCUT2D eigenvalue weighted by Gasteiger charge is -2.19. The molecule has 3 nitrogen and oxygen atoms in total. The van der Waals surface area contributed by atoms with Crippen LogP contribution in [0.5, 0.6) is 0 Å². The number of carbonyl (C=O) groups is 1. The molecule has 1 aromatic heterocycles. The molecule has 1 heterocycles. The lowest BCUT2D eigenvalue weighted by atomic mass is 9.99. The van der Waals surface area contributed by atoms with E-state index in [-0.39, 0.29) is 11.7 Å². The highest BCUT2D eigenvalue weighted by atomic mass is 16.3. The van der Waals surface area contributed by atoms with E-state index < -0.39 is 0 Å². The predicted octanol–water partition coefficient (Wildman–Crippen LogP) is 3.54. The van der Waals surface area contributed by atoms with Crippen molar-refractivity contribution in [3.8, 4) is 0 Å². The van der Waals surface area contributed by atoms with Gasteiger partial charge in [0.05, 0.1) is 6.54 Å². The number of rotatable bonds is 6. The number of nitrogens with zero attached hydrogens (tertiary/aromatic N) is 1. The second kappa shape index (κ2) is 6.53. The third-order valence-electron chi connectivity index (χ3n) is 3.31. The van der Waals surface area contributed by atoms with Crippen LogP contribution in [0.1, 0.15) is 28.8 Å². The minimum absolute atomic E-state index is 0.0292. The maximum Gasteiger partial charge on any atom is 0.166 e. The molecule has 0 aliphatic heterocycles. The van der Waals surface area contributed by atoms with Crippen LogP contribution in [0.4, 0.5) is 0 Å². The lowest BCUT2D eigenvalue weighted by Crippen LogP contribution is -2.28. The molecular weight excluding hydrogens is 250 g/mol. The number of benzene rings is 1. The van der Waals surface area contributed by atoms with Gasteiger partial charge in [-0.05, 0) is 26.1 Å². The fraction of sp³-hybridized carbons (Fsp3) is 0.353. The zero-order chi connectivity index (χ0) is 14.5. The van der Waals surface area contributed by atoms with Gasteiger partial charge in [-0.2, -0.15) is 0 Å². The third kappa shape index (κ3) is 3.81. The van der Waals surface area contributed by atoms with Crippen LogP contribution in [0.15, 0.2) is 46.9 Å². The van der Waals surface area contributed by atoms with E-state index in [2.05, 4.69) is 4.90 Å². The number of hydrogen-bond acceptors (Lipinski definition) is 3. The van der Waals surface area contributed by atoms with Gasteiger partial charge in [0.25, 0.3) is 0 Å². The molecule has 106 valence electrons. The van der Waals surface area contributed by atoms with Crippen molar-refractivity contribution in [3.63, 3.8) is 0 Å². The molecule has 0 spiro atoms. The highest BCUT2D eigenvalue weighted by Crippen LogP contribution is 2.13. The number of carbonyl (C=O) groups excluding carboxylic acids is 1. The molecule has 0 saturated carbocycles. The highest BCUT2D eigenvalue weighted by Gasteiger charge is 2.17. The Kier molecular flexibility index (Phi) is 4.74. The summed E-state index contributed by atoms with van der Waals surface area (Å²) >= 11 is 0. The van der Waals surface area contributed by atoms with Gasteiger partial charge in [0.2, 0.25) is 0 Å². The fourth-order valence-corrected chi connectivity index (χ4v) is 2.34. The van der Waals surface area contributed by atoms with Gasteiger partial charge in [0.1, 0.15) is 11.5 Å². The standard InChI is InChI=1S/C17H21NO2/c1-13(17(19)15-7-5-4-6-8-15)11-18(3)12-16-10-9-14(2)20-16/h4-10,13H,11-12H2,1-3H3. The molecule has 0 saturated heterocycles. The van der Waals surface area contributed by atoms with E-state index in [4.69, 9.17) is 4.42 Å². The second-order valence-electron chi connectivity index (χ2n) is 5.34. The van der Waals surface area contributed by atoms with Crippen molar-refractivity contribution in [2.75, 3.05) is 13.6 Å². The second-order valence-corrected chi connectivity index (χ2v) is 5.34. The molecule has 0 bridgehead atoms. The van der Waals surface area contributed by atoms with Crippen molar-refractivity contribution in [2.45, 2.75) is 20.4 Å². The molecule has 1 unspecified atom stereocenters.